The van der Waals surface area contributed by atoms with E-state index in [2.05, 4.69) is 41.7 Å². The molecule has 54 heteroatoms. The Hall–Kier alpha value is -3.21. The fourth-order valence-electron chi connectivity index (χ4n) is 16.0. The molecule has 0 spiro atoms. The number of likely N-dealkylation sites (N-methyl/N-ethyl adjacent to an activating group) is 1. The fraction of sp³-hybridized carbons (Fsp3) is 0.853. The summed E-state index contributed by atoms with van der Waals surface area (Å²) < 4.78 is 222. The van der Waals surface area contributed by atoms with E-state index in [4.69, 9.17) is 76.3 Å². The largest absolute Gasteiger partial charge is 0.370 e. The quantitative estimate of drug-likeness (QED) is 0.0457. The van der Waals surface area contributed by atoms with Gasteiger partial charge in [-0.25, -0.2) is 70.7 Å². The first-order valence-corrected chi connectivity index (χ1v) is 51.9. The van der Waals surface area contributed by atoms with Gasteiger partial charge in [-0.15, -0.1) is 0 Å². The first-order chi connectivity index (χ1) is 57.3. The van der Waals surface area contributed by atoms with Gasteiger partial charge in [-0.1, -0.05) is 13.8 Å². The van der Waals surface area contributed by atoms with Crippen LogP contribution in [-0.4, -0.2) is 427 Å². The van der Waals surface area contributed by atoms with Gasteiger partial charge in [0.15, 0.2) is 22.3 Å². The van der Waals surface area contributed by atoms with Gasteiger partial charge >= 0.3 is 46.0 Å². The lowest BCUT2D eigenvalue weighted by atomic mass is 10.2. The minimum atomic E-state index is -4.35. The standard InChI is InChI=1S/C68H131N24O23P7/c1-22-84-24-47(3)109-52(29-84)39-103-117(96,78(10)11)86-26-49(5)111-54(31-86)40-104-118(97,79(12)13)87-27-50(6)112-55(32-87)41-105-119(98,80(14)15)88-28-51(7)113-56(33-88)42-106-121(100,82(18)19)89-35-58(115-59(36-89)91-45-71-61-63(91)73-67(69)75-65(61)93)44-108-122(101,83(20)21)90-34-57(114-60(37-90)92-46-72-62-64(92)74-68(70)76-66(62)94)43-107-120(99,81(16)17)85-25-48(4)110-53(30-85)38-102-116(95,23-2)77(8)9/h45-60H,22-44H2,1-21H3,(H3,69,73,75,93)(H3,70,74,76,94)/t47-,48-,49-,50-,51-,52-,53-,54-,55-,56-,57-,58-,59+,60+,116?,117?,118?,119?,120?,121?,122?/m0/s1. The van der Waals surface area contributed by atoms with E-state index in [1.54, 1.807) is 148 Å². The molecule has 696 valence electrons. The zero-order valence-electron chi connectivity index (χ0n) is 74.1. The number of H-pyrrole nitrogens is 2. The van der Waals surface area contributed by atoms with Gasteiger partial charge < -0.3 is 76.3 Å². The van der Waals surface area contributed by atoms with Crippen LogP contribution in [-0.2, 0) is 96.8 Å². The number of imidazole rings is 2. The molecular weight excluding hydrogens is 1740 g/mol. The Labute approximate surface area is 714 Å². The van der Waals surface area contributed by atoms with Crippen LogP contribution in [0, 0.1) is 0 Å². The summed E-state index contributed by atoms with van der Waals surface area (Å²) >= 11 is 0. The van der Waals surface area contributed by atoms with Crippen LogP contribution in [0.1, 0.15) is 60.9 Å². The van der Waals surface area contributed by atoms with Crippen molar-refractivity contribution in [2.75, 3.05) is 261 Å². The van der Waals surface area contributed by atoms with E-state index in [0.29, 0.717) is 13.1 Å². The van der Waals surface area contributed by atoms with Crippen LogP contribution < -0.4 is 22.6 Å². The molecule has 122 heavy (non-hydrogen) atoms. The van der Waals surface area contributed by atoms with Gasteiger partial charge in [0.2, 0.25) is 11.9 Å². The number of nitrogens with zero attached hydrogens (tertiary/aromatic N) is 20. The molecule has 4 aromatic rings. The van der Waals surface area contributed by atoms with Gasteiger partial charge in [0.1, 0.15) is 12.5 Å². The number of nitrogens with one attached hydrogen (secondary N) is 2. The Morgan fingerprint density at radius 1 is 0.361 bits per heavy atom. The first kappa shape index (κ1) is 99.4. The average molecular weight is 1870 g/mol. The number of aromatic amines is 2. The maximum absolute atomic E-state index is 16.3. The Kier molecular flexibility index (Phi) is 33.4. The molecule has 0 amide bonds. The number of fused-ring (bicyclic) bond motifs is 2. The fourth-order valence-corrected chi connectivity index (χ4v) is 29.8. The molecular formula is C68H131N24O23P7. The summed E-state index contributed by atoms with van der Waals surface area (Å²) in [5.74, 6) is -0.431. The van der Waals surface area contributed by atoms with Gasteiger partial charge in [-0.2, -0.15) is 9.97 Å². The lowest BCUT2D eigenvalue weighted by Gasteiger charge is -2.46. The molecule has 4 aromatic heterocycles. The molecule has 11 rings (SSSR count). The van der Waals surface area contributed by atoms with Crippen molar-refractivity contribution in [3.8, 4) is 0 Å². The molecule has 6 N–H and O–H groups in total. The van der Waals surface area contributed by atoms with Crippen LogP contribution in [0.25, 0.3) is 22.3 Å². The van der Waals surface area contributed by atoms with Crippen LogP contribution in [0.15, 0.2) is 22.2 Å². The summed E-state index contributed by atoms with van der Waals surface area (Å²) in [6, 6.07) is 0. The van der Waals surface area contributed by atoms with Crippen molar-refractivity contribution in [2.45, 2.75) is 134 Å². The first-order valence-electron chi connectivity index (χ1n) is 41.0. The molecule has 7 saturated heterocycles. The zero-order chi connectivity index (χ0) is 89.3. The van der Waals surface area contributed by atoms with E-state index in [9.17, 15) is 18.7 Å². The number of morpholine rings is 7. The number of aromatic nitrogens is 8. The number of nitrogens with two attached hydrogens (primary N) is 2. The maximum atomic E-state index is 16.3. The number of rotatable bonds is 38. The Bertz CT molecular complexity index is 4670. The third-order valence-corrected chi connectivity index (χ3v) is 39.9. The summed E-state index contributed by atoms with van der Waals surface area (Å²) in [7, 11) is -4.32. The third kappa shape index (κ3) is 22.5. The van der Waals surface area contributed by atoms with Gasteiger partial charge in [-0.3, -0.25) is 65.5 Å². The maximum Gasteiger partial charge on any atom is 0.345 e. The van der Waals surface area contributed by atoms with Gasteiger partial charge in [-0.05, 0) is 140 Å². The topological polar surface area (TPSA) is 473 Å². The molecule has 11 heterocycles. The Balaban J connectivity index is 0.789. The van der Waals surface area contributed by atoms with Crippen molar-refractivity contribution in [1.29, 1.82) is 0 Å². The lowest BCUT2D eigenvalue weighted by molar-refractivity contribution is -0.126. The van der Waals surface area contributed by atoms with E-state index in [0.717, 1.165) is 13.1 Å². The Morgan fingerprint density at radius 3 is 0.861 bits per heavy atom. The highest BCUT2D eigenvalue weighted by atomic mass is 31.2. The molecule has 21 atom stereocenters. The van der Waals surface area contributed by atoms with Crippen molar-refractivity contribution >= 4 is 87.8 Å². The van der Waals surface area contributed by atoms with E-state index in [-0.39, 0.29) is 170 Å². The molecule has 0 aromatic carbocycles. The van der Waals surface area contributed by atoms with Crippen LogP contribution in [0.5, 0.6) is 0 Å². The minimum absolute atomic E-state index is 0.00623. The molecule has 7 aliphatic heterocycles. The third-order valence-electron chi connectivity index (χ3n) is 22.1. The SMILES string of the molecule is CCN1C[C@@H](COP(=O)(N(C)C)N2C[C@@H](COP(=O)(N(C)C)N3C[C@@H](COP(=O)(N(C)C)N4C[C@@H](COP(=O)(N(C)C)N5C[C@@H](COP(=O)(N(C)C)N6C[C@@H](COP(=O)(N(C)C)N7C[C@@H](COP(=O)(CC)N(C)C)O[C@@H](C)C7)O[C@@H](n7cnc8c(=O)[nH]c(N)nc87)C6)O[C@@H](n6cnc7c(=O)[nH]c(N)nc76)C5)O[C@@H](C)C4)O[C@@H](C)C3)O[C@@H](C)C2)O[C@@H](C)C1. The van der Waals surface area contributed by atoms with Crippen molar-refractivity contribution < 1.29 is 96.8 Å². The molecule has 0 bridgehead atoms. The second kappa shape index (κ2) is 41.1. The number of ether oxygens (including phenoxy) is 7. The summed E-state index contributed by atoms with van der Waals surface area (Å²) in [5.41, 5.74) is 10.9. The minimum Gasteiger partial charge on any atom is -0.370 e. The normalized spacial score (nSPS) is 31.0. The molecule has 0 aliphatic carbocycles. The van der Waals surface area contributed by atoms with E-state index in [1.165, 1.54) is 40.5 Å². The van der Waals surface area contributed by atoms with Crippen LogP contribution in [0.4, 0.5) is 11.9 Å². The van der Waals surface area contributed by atoms with Gasteiger partial charge in [0.05, 0.1) is 145 Å². The second-order valence-corrected chi connectivity index (χ2v) is 51.9. The molecule has 7 unspecified atom stereocenters. The van der Waals surface area contributed by atoms with Crippen molar-refractivity contribution in [3.05, 3.63) is 33.4 Å². The van der Waals surface area contributed by atoms with E-state index >= 15 is 22.8 Å². The van der Waals surface area contributed by atoms with Crippen LogP contribution in [0.2, 0.25) is 0 Å². The summed E-state index contributed by atoms with van der Waals surface area (Å²) in [6.07, 6.45) is -6.68. The summed E-state index contributed by atoms with van der Waals surface area (Å²) in [5, 5.41) is 0. The predicted octanol–water partition coefficient (Wildman–Crippen LogP) is 4.19. The summed E-state index contributed by atoms with van der Waals surface area (Å²) in [6.45, 7) is 14.5. The predicted molar refractivity (Wildman–Crippen MR) is 457 cm³/mol. The number of hydrogen-bond donors (Lipinski definition) is 4. The molecule has 47 nitrogen and oxygen atoms in total. The molecule has 0 saturated carbocycles. The van der Waals surface area contributed by atoms with E-state index in [1.807, 2.05) is 34.6 Å². The smallest absolute Gasteiger partial charge is 0.345 e. The van der Waals surface area contributed by atoms with Crippen molar-refractivity contribution in [2.24, 2.45) is 0 Å². The Morgan fingerprint density at radius 2 is 0.607 bits per heavy atom. The lowest BCUT2D eigenvalue weighted by Crippen LogP contribution is -2.51. The van der Waals surface area contributed by atoms with Gasteiger partial charge in [0, 0.05) is 84.7 Å². The zero-order valence-corrected chi connectivity index (χ0v) is 80.4. The van der Waals surface area contributed by atoms with Crippen molar-refractivity contribution in [1.82, 2.24) is 105 Å². The molecule has 7 aliphatic rings. The number of anilines is 2. The number of nitrogen functional groups attached to an aromatic ring is 2. The summed E-state index contributed by atoms with van der Waals surface area (Å²) in [4.78, 5) is 51.3. The van der Waals surface area contributed by atoms with Crippen LogP contribution in [0.3, 0.4) is 0 Å². The van der Waals surface area contributed by atoms with Crippen molar-refractivity contribution in [3.63, 3.8) is 0 Å². The number of hydrogen-bond acceptors (Lipinski definition) is 30. The molecule has 7 fully saturated rings. The second-order valence-electron chi connectivity index (χ2n) is 33.3. The highest BCUT2D eigenvalue weighted by Crippen LogP contribution is 2.62. The highest BCUT2D eigenvalue weighted by Gasteiger charge is 2.52. The van der Waals surface area contributed by atoms with Crippen LogP contribution >= 0.6 is 53.5 Å². The van der Waals surface area contributed by atoms with Gasteiger partial charge in [0.25, 0.3) is 18.6 Å². The average Bonchev–Trinajstić information content (AvgIpc) is 1.49. The molecule has 0 radical (unpaired) electrons. The highest BCUT2D eigenvalue weighted by molar-refractivity contribution is 7.56. The monoisotopic (exact) mass is 1870 g/mol. The van der Waals surface area contributed by atoms with E-state index < -0.39 is 139 Å².